The molecule has 78 valence electrons. The maximum atomic E-state index is 4.09. The molecular formula is C10H19N3Si. The summed E-state index contributed by atoms with van der Waals surface area (Å²) in [6, 6.07) is 0. The first-order valence-electron chi connectivity index (χ1n) is 4.99. The Bertz CT molecular complexity index is 274. The van der Waals surface area contributed by atoms with Gasteiger partial charge in [0.15, 0.2) is 0 Å². The van der Waals surface area contributed by atoms with Crippen LogP contribution in [0.4, 0.5) is 0 Å². The topological polar surface area (TPSA) is 30.7 Å². The molecule has 0 amide bonds. The van der Waals surface area contributed by atoms with Gasteiger partial charge in [0.1, 0.15) is 12.7 Å². The minimum atomic E-state index is -1.10. The van der Waals surface area contributed by atoms with Gasteiger partial charge in [-0.05, 0) is 12.0 Å². The number of hydrogen-bond acceptors (Lipinski definition) is 2. The molecule has 0 radical (unpaired) electrons. The van der Waals surface area contributed by atoms with Gasteiger partial charge in [-0.25, -0.2) is 4.98 Å². The lowest BCUT2D eigenvalue weighted by atomic mass is 10.3. The fourth-order valence-corrected chi connectivity index (χ4v) is 3.23. The number of aryl methyl sites for hydroxylation is 1. The van der Waals surface area contributed by atoms with Crippen LogP contribution in [0.1, 0.15) is 6.42 Å². The molecule has 1 unspecified atom stereocenters. The summed E-state index contributed by atoms with van der Waals surface area (Å²) in [6.45, 7) is 12.0. The van der Waals surface area contributed by atoms with E-state index in [0.717, 1.165) is 13.0 Å². The number of aromatic nitrogens is 3. The van der Waals surface area contributed by atoms with Crippen LogP contribution in [0.5, 0.6) is 0 Å². The quantitative estimate of drug-likeness (QED) is 0.551. The predicted molar refractivity (Wildman–Crippen MR) is 61.9 cm³/mol. The zero-order valence-corrected chi connectivity index (χ0v) is 10.3. The van der Waals surface area contributed by atoms with Crippen LogP contribution < -0.4 is 0 Å². The van der Waals surface area contributed by atoms with E-state index in [2.05, 4.69) is 42.4 Å². The zero-order valence-electron chi connectivity index (χ0n) is 9.27. The minimum absolute atomic E-state index is 0.659. The second-order valence-electron chi connectivity index (χ2n) is 4.66. The van der Waals surface area contributed by atoms with E-state index in [0.29, 0.717) is 5.54 Å². The lowest BCUT2D eigenvalue weighted by molar-refractivity contribution is 0.577. The first kappa shape index (κ1) is 11.2. The molecule has 0 saturated heterocycles. The molecule has 0 aliphatic rings. The average molecular weight is 209 g/mol. The van der Waals surface area contributed by atoms with Crippen LogP contribution in [0.15, 0.2) is 25.3 Å². The van der Waals surface area contributed by atoms with E-state index >= 15 is 0 Å². The highest BCUT2D eigenvalue weighted by molar-refractivity contribution is 6.78. The molecule has 0 spiro atoms. The first-order valence-corrected chi connectivity index (χ1v) is 8.56. The summed E-state index contributed by atoms with van der Waals surface area (Å²) in [4.78, 5) is 3.93. The Hall–Kier alpha value is -0.903. The second-order valence-corrected chi connectivity index (χ2v) is 10.1. The van der Waals surface area contributed by atoms with E-state index < -0.39 is 8.07 Å². The summed E-state index contributed by atoms with van der Waals surface area (Å²) in [5.41, 5.74) is 0.659. The van der Waals surface area contributed by atoms with Crippen molar-refractivity contribution < 1.29 is 0 Å². The molecule has 1 rings (SSSR count). The van der Waals surface area contributed by atoms with Crippen molar-refractivity contribution in [3.05, 3.63) is 25.3 Å². The van der Waals surface area contributed by atoms with Crippen molar-refractivity contribution >= 4 is 8.07 Å². The van der Waals surface area contributed by atoms with Crippen molar-refractivity contribution in [1.29, 1.82) is 0 Å². The highest BCUT2D eigenvalue weighted by atomic mass is 28.3. The van der Waals surface area contributed by atoms with Crippen LogP contribution in [-0.2, 0) is 6.54 Å². The van der Waals surface area contributed by atoms with Gasteiger partial charge in [-0.15, -0.1) is 6.58 Å². The maximum Gasteiger partial charge on any atom is 0.137 e. The zero-order chi connectivity index (χ0) is 10.6. The van der Waals surface area contributed by atoms with Gasteiger partial charge in [0.05, 0.1) is 8.07 Å². The summed E-state index contributed by atoms with van der Waals surface area (Å²) in [5.74, 6) is 0. The molecule has 0 bridgehead atoms. The molecule has 0 aliphatic carbocycles. The molecule has 3 nitrogen and oxygen atoms in total. The number of rotatable bonds is 5. The maximum absolute atomic E-state index is 4.09. The van der Waals surface area contributed by atoms with Crippen LogP contribution in [0, 0.1) is 0 Å². The molecule has 0 aromatic carbocycles. The Morgan fingerprint density at radius 2 is 2.21 bits per heavy atom. The third kappa shape index (κ3) is 3.10. The molecule has 1 heterocycles. The van der Waals surface area contributed by atoms with Gasteiger partial charge in [0, 0.05) is 6.54 Å². The summed E-state index contributed by atoms with van der Waals surface area (Å²) in [6.07, 6.45) is 6.58. The van der Waals surface area contributed by atoms with Crippen LogP contribution in [-0.4, -0.2) is 22.8 Å². The van der Waals surface area contributed by atoms with E-state index in [9.17, 15) is 0 Å². The van der Waals surface area contributed by atoms with Crippen molar-refractivity contribution in [1.82, 2.24) is 14.8 Å². The Morgan fingerprint density at radius 1 is 1.50 bits per heavy atom. The van der Waals surface area contributed by atoms with E-state index in [-0.39, 0.29) is 0 Å². The molecule has 14 heavy (non-hydrogen) atoms. The Kier molecular flexibility index (Phi) is 3.63. The Morgan fingerprint density at radius 3 is 2.64 bits per heavy atom. The summed E-state index contributed by atoms with van der Waals surface area (Å²) < 4.78 is 1.89. The standard InChI is InChI=1S/C10H19N3Si/c1-5-10(14(2,3)4)6-7-13-9-11-8-12-13/h5,8-10H,1,6-7H2,2-4H3. The number of nitrogens with zero attached hydrogens (tertiary/aromatic N) is 3. The summed E-state index contributed by atoms with van der Waals surface area (Å²) in [7, 11) is -1.10. The second kappa shape index (κ2) is 4.55. The molecule has 1 aromatic rings. The molecule has 0 aliphatic heterocycles. The normalized spacial score (nSPS) is 13.9. The highest BCUT2D eigenvalue weighted by Gasteiger charge is 2.23. The van der Waals surface area contributed by atoms with Gasteiger partial charge < -0.3 is 0 Å². The molecule has 1 atom stereocenters. The van der Waals surface area contributed by atoms with Crippen molar-refractivity contribution in [2.45, 2.75) is 38.1 Å². The van der Waals surface area contributed by atoms with Gasteiger partial charge in [-0.3, -0.25) is 4.68 Å². The van der Waals surface area contributed by atoms with Crippen LogP contribution in [0.3, 0.4) is 0 Å². The van der Waals surface area contributed by atoms with Gasteiger partial charge in [0.25, 0.3) is 0 Å². The molecule has 1 aromatic heterocycles. The van der Waals surface area contributed by atoms with E-state index in [4.69, 9.17) is 0 Å². The van der Waals surface area contributed by atoms with Crippen molar-refractivity contribution in [3.8, 4) is 0 Å². The lowest BCUT2D eigenvalue weighted by Crippen LogP contribution is -2.27. The van der Waals surface area contributed by atoms with Crippen molar-refractivity contribution in [2.75, 3.05) is 0 Å². The fraction of sp³-hybridized carbons (Fsp3) is 0.600. The Balaban J connectivity index is 2.47. The van der Waals surface area contributed by atoms with Crippen LogP contribution in [0.2, 0.25) is 25.2 Å². The van der Waals surface area contributed by atoms with Gasteiger partial charge in [0.2, 0.25) is 0 Å². The minimum Gasteiger partial charge on any atom is -0.253 e. The van der Waals surface area contributed by atoms with Gasteiger partial charge in [-0.1, -0.05) is 25.7 Å². The van der Waals surface area contributed by atoms with Crippen LogP contribution in [0.25, 0.3) is 0 Å². The molecule has 0 N–H and O–H groups in total. The Labute approximate surface area is 86.9 Å². The van der Waals surface area contributed by atoms with E-state index in [1.165, 1.54) is 0 Å². The monoisotopic (exact) mass is 209 g/mol. The van der Waals surface area contributed by atoms with E-state index in [1.54, 1.807) is 12.7 Å². The molecule has 4 heteroatoms. The molecular weight excluding hydrogens is 190 g/mol. The largest absolute Gasteiger partial charge is 0.253 e. The SMILES string of the molecule is C=CC(CCn1cncn1)[Si](C)(C)C. The first-order chi connectivity index (χ1) is 6.54. The third-order valence-corrected chi connectivity index (χ3v) is 5.28. The van der Waals surface area contributed by atoms with Crippen molar-refractivity contribution in [3.63, 3.8) is 0 Å². The highest BCUT2D eigenvalue weighted by Crippen LogP contribution is 2.26. The number of allylic oxidation sites excluding steroid dienone is 1. The molecule has 0 saturated carbocycles. The van der Waals surface area contributed by atoms with Gasteiger partial charge >= 0.3 is 0 Å². The smallest absolute Gasteiger partial charge is 0.137 e. The fourth-order valence-electron chi connectivity index (χ4n) is 1.52. The lowest BCUT2D eigenvalue weighted by Gasteiger charge is -2.25. The predicted octanol–water partition coefficient (Wildman–Crippen LogP) is 2.56. The summed E-state index contributed by atoms with van der Waals surface area (Å²) in [5, 5.41) is 4.09. The average Bonchev–Trinajstić information content (AvgIpc) is 2.55. The number of hydrogen-bond donors (Lipinski definition) is 0. The molecule has 0 fully saturated rings. The van der Waals surface area contributed by atoms with Crippen LogP contribution >= 0.6 is 0 Å². The van der Waals surface area contributed by atoms with Gasteiger partial charge in [-0.2, -0.15) is 5.10 Å². The van der Waals surface area contributed by atoms with Crippen molar-refractivity contribution in [2.24, 2.45) is 0 Å². The van der Waals surface area contributed by atoms with E-state index in [1.807, 2.05) is 4.68 Å². The third-order valence-electron chi connectivity index (χ3n) is 2.53. The summed E-state index contributed by atoms with van der Waals surface area (Å²) >= 11 is 0.